The molecule has 0 spiro atoms. The van der Waals surface area contributed by atoms with Crippen LogP contribution < -0.4 is 5.32 Å². The maximum atomic E-state index is 13.4. The van der Waals surface area contributed by atoms with Crippen molar-refractivity contribution >= 4 is 23.4 Å². The lowest BCUT2D eigenvalue weighted by atomic mass is 10.2. The van der Waals surface area contributed by atoms with Crippen LogP contribution in [0.25, 0.3) is 0 Å². The Morgan fingerprint density at radius 2 is 1.95 bits per heavy atom. The summed E-state index contributed by atoms with van der Waals surface area (Å²) in [4.78, 5) is 11.9. The van der Waals surface area contributed by atoms with E-state index >= 15 is 0 Å². The second-order valence-electron chi connectivity index (χ2n) is 4.88. The molecule has 4 heteroatoms. The fourth-order valence-electron chi connectivity index (χ4n) is 1.89. The van der Waals surface area contributed by atoms with E-state index in [1.165, 1.54) is 11.6 Å². The van der Waals surface area contributed by atoms with Crippen molar-refractivity contribution < 1.29 is 9.18 Å². The number of benzene rings is 2. The van der Waals surface area contributed by atoms with Crippen molar-refractivity contribution in [3.63, 3.8) is 0 Å². The van der Waals surface area contributed by atoms with Crippen LogP contribution in [-0.4, -0.2) is 11.7 Å². The van der Waals surface area contributed by atoms with Gasteiger partial charge < -0.3 is 5.32 Å². The van der Waals surface area contributed by atoms with Gasteiger partial charge in [-0.2, -0.15) is 0 Å². The number of halogens is 1. The van der Waals surface area contributed by atoms with Crippen molar-refractivity contribution in [2.75, 3.05) is 11.1 Å². The molecule has 2 rings (SSSR count). The number of hydrogen-bond acceptors (Lipinski definition) is 2. The van der Waals surface area contributed by atoms with E-state index in [0.717, 1.165) is 0 Å². The van der Waals surface area contributed by atoms with Gasteiger partial charge in [0.05, 0.1) is 5.75 Å². The summed E-state index contributed by atoms with van der Waals surface area (Å²) in [5, 5.41) is 2.96. The molecule has 0 saturated heterocycles. The molecule has 1 amide bonds. The van der Waals surface area contributed by atoms with Gasteiger partial charge in [-0.05, 0) is 37.1 Å². The van der Waals surface area contributed by atoms with Gasteiger partial charge in [0.25, 0.3) is 0 Å². The molecule has 1 N–H and O–H groups in total. The summed E-state index contributed by atoms with van der Waals surface area (Å²) in [6.45, 7) is 3.76. The van der Waals surface area contributed by atoms with Crippen LogP contribution in [0.5, 0.6) is 0 Å². The molecule has 2 nitrogen and oxygen atoms in total. The number of anilines is 1. The number of nitrogens with one attached hydrogen (secondary N) is 1. The second-order valence-corrected chi connectivity index (χ2v) is 6.21. The molecule has 0 saturated carbocycles. The van der Waals surface area contributed by atoms with E-state index in [1.54, 1.807) is 30.8 Å². The quantitative estimate of drug-likeness (QED) is 0.877. The Labute approximate surface area is 128 Å². The van der Waals surface area contributed by atoms with Gasteiger partial charge in [-0.25, -0.2) is 4.39 Å². The standard InChI is InChI=1S/C17H18FNOS/c1-12-8-9-15(10-16(12)18)19-17(20)11-21-13(2)14-6-4-3-5-7-14/h3-10,13H,11H2,1-2H3,(H,19,20)/t13-/m1/s1. The minimum Gasteiger partial charge on any atom is -0.325 e. The smallest absolute Gasteiger partial charge is 0.234 e. The molecule has 0 heterocycles. The molecule has 1 atom stereocenters. The monoisotopic (exact) mass is 303 g/mol. The van der Waals surface area contributed by atoms with Crippen molar-refractivity contribution in [2.45, 2.75) is 19.1 Å². The number of carbonyl (C=O) groups excluding carboxylic acids is 1. The number of hydrogen-bond donors (Lipinski definition) is 1. The summed E-state index contributed by atoms with van der Waals surface area (Å²) in [6, 6.07) is 14.8. The van der Waals surface area contributed by atoms with Crippen molar-refractivity contribution in [2.24, 2.45) is 0 Å². The largest absolute Gasteiger partial charge is 0.325 e. The molecule has 0 aliphatic heterocycles. The number of aryl methyl sites for hydroxylation is 1. The van der Waals surface area contributed by atoms with Crippen molar-refractivity contribution in [1.29, 1.82) is 0 Å². The Kier molecular flexibility index (Phi) is 5.39. The molecular weight excluding hydrogens is 285 g/mol. The fourth-order valence-corrected chi connectivity index (χ4v) is 2.71. The summed E-state index contributed by atoms with van der Waals surface area (Å²) in [7, 11) is 0. The molecule has 110 valence electrons. The predicted molar refractivity (Wildman–Crippen MR) is 87.1 cm³/mol. The van der Waals surface area contributed by atoms with Gasteiger partial charge in [0.15, 0.2) is 0 Å². The third-order valence-electron chi connectivity index (χ3n) is 3.19. The maximum Gasteiger partial charge on any atom is 0.234 e. The lowest BCUT2D eigenvalue weighted by Gasteiger charge is -2.11. The third kappa shape index (κ3) is 4.60. The normalized spacial score (nSPS) is 12.0. The van der Waals surface area contributed by atoms with E-state index in [0.29, 0.717) is 17.0 Å². The number of carbonyl (C=O) groups is 1. The molecule has 0 fully saturated rings. The Morgan fingerprint density at radius 3 is 2.62 bits per heavy atom. The van der Waals surface area contributed by atoms with Gasteiger partial charge in [0.1, 0.15) is 5.82 Å². The SMILES string of the molecule is Cc1ccc(NC(=O)CS[C@H](C)c2ccccc2)cc1F. The molecule has 0 radical (unpaired) electrons. The van der Waals surface area contributed by atoms with Crippen LogP contribution in [-0.2, 0) is 4.79 Å². The number of amides is 1. The Morgan fingerprint density at radius 1 is 1.24 bits per heavy atom. The van der Waals surface area contributed by atoms with E-state index in [2.05, 4.69) is 12.2 Å². The minimum absolute atomic E-state index is 0.119. The first-order chi connectivity index (χ1) is 10.1. The van der Waals surface area contributed by atoms with Crippen LogP contribution in [0, 0.1) is 12.7 Å². The zero-order chi connectivity index (χ0) is 15.2. The number of rotatable bonds is 5. The van der Waals surface area contributed by atoms with E-state index in [9.17, 15) is 9.18 Å². The van der Waals surface area contributed by atoms with Crippen LogP contribution >= 0.6 is 11.8 Å². The third-order valence-corrected chi connectivity index (χ3v) is 4.39. The van der Waals surface area contributed by atoms with Gasteiger partial charge in [0.2, 0.25) is 5.91 Å². The van der Waals surface area contributed by atoms with Crippen LogP contribution in [0.3, 0.4) is 0 Å². The topological polar surface area (TPSA) is 29.1 Å². The summed E-state index contributed by atoms with van der Waals surface area (Å²) < 4.78 is 13.4. The van der Waals surface area contributed by atoms with Gasteiger partial charge in [-0.15, -0.1) is 11.8 Å². The summed E-state index contributed by atoms with van der Waals surface area (Å²) >= 11 is 1.56. The van der Waals surface area contributed by atoms with Crippen LogP contribution in [0.1, 0.15) is 23.3 Å². The summed E-state index contributed by atoms with van der Waals surface area (Å²) in [5.41, 5.74) is 2.26. The van der Waals surface area contributed by atoms with Gasteiger partial charge >= 0.3 is 0 Å². The highest BCUT2D eigenvalue weighted by molar-refractivity contribution is 8.00. The van der Waals surface area contributed by atoms with Crippen LogP contribution in [0.4, 0.5) is 10.1 Å². The molecule has 2 aromatic carbocycles. The predicted octanol–water partition coefficient (Wildman–Crippen LogP) is 4.57. The Balaban J connectivity index is 1.86. The zero-order valence-electron chi connectivity index (χ0n) is 12.1. The van der Waals surface area contributed by atoms with Crippen molar-refractivity contribution in [3.8, 4) is 0 Å². The molecular formula is C17H18FNOS. The van der Waals surface area contributed by atoms with Gasteiger partial charge in [-0.1, -0.05) is 36.4 Å². The van der Waals surface area contributed by atoms with E-state index < -0.39 is 0 Å². The molecule has 0 aromatic heterocycles. The highest BCUT2D eigenvalue weighted by atomic mass is 32.2. The summed E-state index contributed by atoms with van der Waals surface area (Å²) in [6.07, 6.45) is 0. The van der Waals surface area contributed by atoms with E-state index in [-0.39, 0.29) is 17.0 Å². The zero-order valence-corrected chi connectivity index (χ0v) is 12.9. The highest BCUT2D eigenvalue weighted by Crippen LogP contribution is 2.27. The summed E-state index contributed by atoms with van der Waals surface area (Å²) in [5.74, 6) is -0.0879. The minimum atomic E-state index is -0.307. The number of thioether (sulfide) groups is 1. The van der Waals surface area contributed by atoms with Crippen molar-refractivity contribution in [3.05, 3.63) is 65.5 Å². The van der Waals surface area contributed by atoms with Crippen molar-refractivity contribution in [1.82, 2.24) is 0 Å². The fraction of sp³-hybridized carbons (Fsp3) is 0.235. The van der Waals surface area contributed by atoms with Gasteiger partial charge in [-0.3, -0.25) is 4.79 Å². The lowest BCUT2D eigenvalue weighted by molar-refractivity contribution is -0.113. The average Bonchev–Trinajstić information content (AvgIpc) is 2.49. The second kappa shape index (κ2) is 7.27. The molecule has 0 unspecified atom stereocenters. The molecule has 2 aromatic rings. The maximum absolute atomic E-state index is 13.4. The molecule has 0 aliphatic carbocycles. The first-order valence-corrected chi connectivity index (χ1v) is 7.83. The molecule has 0 bridgehead atoms. The molecule has 0 aliphatic rings. The van der Waals surface area contributed by atoms with E-state index in [1.807, 2.05) is 30.3 Å². The Bertz CT molecular complexity index is 615. The molecule has 21 heavy (non-hydrogen) atoms. The van der Waals surface area contributed by atoms with E-state index in [4.69, 9.17) is 0 Å². The average molecular weight is 303 g/mol. The van der Waals surface area contributed by atoms with Gasteiger partial charge in [0, 0.05) is 10.9 Å². The van der Waals surface area contributed by atoms with Crippen LogP contribution in [0.15, 0.2) is 48.5 Å². The first-order valence-electron chi connectivity index (χ1n) is 6.79. The highest BCUT2D eigenvalue weighted by Gasteiger charge is 2.09. The lowest BCUT2D eigenvalue weighted by Crippen LogP contribution is -2.14. The Hall–Kier alpha value is -1.81. The van der Waals surface area contributed by atoms with Crippen LogP contribution in [0.2, 0.25) is 0 Å². The first kappa shape index (κ1) is 15.6.